The molecule has 0 aromatic carbocycles. The van der Waals surface area contributed by atoms with Gasteiger partial charge in [-0.25, -0.2) is 0 Å². The average molecular weight is 135 g/mol. The van der Waals surface area contributed by atoms with E-state index in [1.54, 1.807) is 12.4 Å². The minimum Gasteiger partial charge on any atom is -0.488 e. The molecule has 0 aliphatic carbocycles. The first-order chi connectivity index (χ1) is 4.97. The summed E-state index contributed by atoms with van der Waals surface area (Å²) in [6.45, 7) is 2.47. The lowest BCUT2D eigenvalue weighted by Crippen LogP contribution is -2.12. The van der Waals surface area contributed by atoms with Gasteiger partial charge in [0.05, 0.1) is 18.4 Å². The van der Waals surface area contributed by atoms with Crippen LogP contribution in [0.25, 0.3) is 0 Å². The first kappa shape index (κ1) is 5.53. The van der Waals surface area contributed by atoms with Gasteiger partial charge in [-0.3, -0.25) is 4.98 Å². The SMILES string of the molecule is [CH]1COc2cnccc2N1. The van der Waals surface area contributed by atoms with Gasteiger partial charge in [0.2, 0.25) is 0 Å². The summed E-state index contributed by atoms with van der Waals surface area (Å²) in [5.41, 5.74) is 0.987. The Balaban J connectivity index is 2.41. The lowest BCUT2D eigenvalue weighted by molar-refractivity contribution is 0.341. The first-order valence-electron chi connectivity index (χ1n) is 3.12. The second-order valence-electron chi connectivity index (χ2n) is 2.03. The van der Waals surface area contributed by atoms with E-state index in [0.29, 0.717) is 6.61 Å². The van der Waals surface area contributed by atoms with Crippen molar-refractivity contribution in [2.24, 2.45) is 0 Å². The summed E-state index contributed by atoms with van der Waals surface area (Å²) in [6.07, 6.45) is 3.43. The highest BCUT2D eigenvalue weighted by Crippen LogP contribution is 2.25. The Hall–Kier alpha value is -1.25. The molecule has 0 atom stereocenters. The predicted molar refractivity (Wildman–Crippen MR) is 37.7 cm³/mol. The van der Waals surface area contributed by atoms with Crippen LogP contribution < -0.4 is 10.1 Å². The van der Waals surface area contributed by atoms with Crippen LogP contribution in [0.1, 0.15) is 0 Å². The number of anilines is 1. The van der Waals surface area contributed by atoms with E-state index in [0.717, 1.165) is 11.4 Å². The van der Waals surface area contributed by atoms with Crippen molar-refractivity contribution in [3.05, 3.63) is 25.0 Å². The summed E-state index contributed by atoms with van der Waals surface area (Å²) < 4.78 is 5.24. The van der Waals surface area contributed by atoms with E-state index in [9.17, 15) is 0 Å². The summed E-state index contributed by atoms with van der Waals surface area (Å²) in [5, 5.41) is 3.07. The highest BCUT2D eigenvalue weighted by atomic mass is 16.5. The van der Waals surface area contributed by atoms with Crippen LogP contribution in [0.15, 0.2) is 18.5 Å². The number of pyridine rings is 1. The minimum atomic E-state index is 0.610. The molecular weight excluding hydrogens is 128 g/mol. The molecule has 0 spiro atoms. The minimum absolute atomic E-state index is 0.610. The highest BCUT2D eigenvalue weighted by Gasteiger charge is 2.07. The molecule has 0 bridgehead atoms. The maximum atomic E-state index is 5.24. The molecule has 0 saturated heterocycles. The fraction of sp³-hybridized carbons (Fsp3) is 0.143. The van der Waals surface area contributed by atoms with Crippen LogP contribution in [0.2, 0.25) is 0 Å². The van der Waals surface area contributed by atoms with E-state index in [4.69, 9.17) is 4.74 Å². The molecule has 1 aliphatic heterocycles. The zero-order valence-electron chi connectivity index (χ0n) is 5.37. The Morgan fingerprint density at radius 1 is 1.60 bits per heavy atom. The molecule has 2 rings (SSSR count). The summed E-state index contributed by atoms with van der Waals surface area (Å²) in [5.74, 6) is 0.824. The molecule has 0 saturated carbocycles. The molecule has 0 fully saturated rings. The third kappa shape index (κ3) is 0.795. The summed E-state index contributed by atoms with van der Waals surface area (Å²) in [6, 6.07) is 1.88. The molecule has 10 heavy (non-hydrogen) atoms. The number of rotatable bonds is 0. The number of hydrogen-bond donors (Lipinski definition) is 1. The molecule has 0 amide bonds. The quantitative estimate of drug-likeness (QED) is 0.577. The smallest absolute Gasteiger partial charge is 0.160 e. The Morgan fingerprint density at radius 3 is 3.50 bits per heavy atom. The van der Waals surface area contributed by atoms with Crippen molar-refractivity contribution in [3.8, 4) is 5.75 Å². The molecule has 0 unspecified atom stereocenters. The fourth-order valence-corrected chi connectivity index (χ4v) is 0.897. The Morgan fingerprint density at radius 2 is 2.60 bits per heavy atom. The number of nitrogens with one attached hydrogen (secondary N) is 1. The summed E-state index contributed by atoms with van der Waals surface area (Å²) in [4.78, 5) is 3.92. The molecule has 2 heterocycles. The standard InChI is InChI=1S/C7H7N2O/c1-2-8-5-7-6(1)9-3-4-10-7/h1-3,5,9H,4H2. The molecule has 1 radical (unpaired) electrons. The van der Waals surface area contributed by atoms with Crippen LogP contribution in [-0.4, -0.2) is 11.6 Å². The van der Waals surface area contributed by atoms with Crippen LogP contribution in [-0.2, 0) is 0 Å². The lowest BCUT2D eigenvalue weighted by atomic mass is 10.3. The zero-order valence-corrected chi connectivity index (χ0v) is 5.37. The molecule has 3 heteroatoms. The normalized spacial score (nSPS) is 14.8. The molecule has 51 valence electrons. The van der Waals surface area contributed by atoms with Gasteiger partial charge in [0.1, 0.15) is 6.61 Å². The van der Waals surface area contributed by atoms with Gasteiger partial charge in [-0.2, -0.15) is 0 Å². The van der Waals surface area contributed by atoms with Crippen molar-refractivity contribution < 1.29 is 4.74 Å². The van der Waals surface area contributed by atoms with Gasteiger partial charge >= 0.3 is 0 Å². The van der Waals surface area contributed by atoms with Crippen LogP contribution in [0.5, 0.6) is 5.75 Å². The molecule has 1 aromatic rings. The Kier molecular flexibility index (Phi) is 1.20. The van der Waals surface area contributed by atoms with Gasteiger partial charge < -0.3 is 10.1 Å². The molecule has 1 N–H and O–H groups in total. The van der Waals surface area contributed by atoms with Crippen LogP contribution >= 0.6 is 0 Å². The van der Waals surface area contributed by atoms with Crippen molar-refractivity contribution >= 4 is 5.69 Å². The van der Waals surface area contributed by atoms with Crippen LogP contribution in [0, 0.1) is 6.54 Å². The molecule has 3 nitrogen and oxygen atoms in total. The van der Waals surface area contributed by atoms with Crippen molar-refractivity contribution in [1.82, 2.24) is 4.98 Å². The second-order valence-corrected chi connectivity index (χ2v) is 2.03. The van der Waals surface area contributed by atoms with Crippen LogP contribution in [0.3, 0.4) is 0 Å². The summed E-state index contributed by atoms with van der Waals surface area (Å²) in [7, 11) is 0. The predicted octanol–water partition coefficient (Wildman–Crippen LogP) is 1.05. The van der Waals surface area contributed by atoms with Crippen molar-refractivity contribution in [1.29, 1.82) is 0 Å². The maximum absolute atomic E-state index is 5.24. The summed E-state index contributed by atoms with van der Waals surface area (Å²) >= 11 is 0. The number of hydrogen-bond acceptors (Lipinski definition) is 3. The van der Waals surface area contributed by atoms with Gasteiger partial charge in [0, 0.05) is 6.20 Å². The molecule has 1 aromatic heterocycles. The van der Waals surface area contributed by atoms with E-state index in [-0.39, 0.29) is 0 Å². The Bertz CT molecular complexity index is 212. The third-order valence-electron chi connectivity index (χ3n) is 1.36. The lowest BCUT2D eigenvalue weighted by Gasteiger charge is -2.16. The number of ether oxygens (including phenoxy) is 1. The average Bonchev–Trinajstić information content (AvgIpc) is 2.05. The molecular formula is C7H7N2O. The van der Waals surface area contributed by atoms with Crippen molar-refractivity contribution in [3.63, 3.8) is 0 Å². The van der Waals surface area contributed by atoms with E-state index in [1.165, 1.54) is 0 Å². The number of fused-ring (bicyclic) bond motifs is 1. The van der Waals surface area contributed by atoms with E-state index < -0.39 is 0 Å². The zero-order chi connectivity index (χ0) is 6.81. The van der Waals surface area contributed by atoms with Gasteiger partial charge in [0.15, 0.2) is 5.75 Å². The third-order valence-corrected chi connectivity index (χ3v) is 1.36. The highest BCUT2D eigenvalue weighted by molar-refractivity contribution is 5.57. The second kappa shape index (κ2) is 2.17. The monoisotopic (exact) mass is 135 g/mol. The van der Waals surface area contributed by atoms with Gasteiger partial charge in [-0.1, -0.05) is 0 Å². The van der Waals surface area contributed by atoms with E-state index >= 15 is 0 Å². The van der Waals surface area contributed by atoms with Gasteiger partial charge in [-0.05, 0) is 6.07 Å². The van der Waals surface area contributed by atoms with E-state index in [2.05, 4.69) is 10.3 Å². The number of aromatic nitrogens is 1. The maximum Gasteiger partial charge on any atom is 0.160 e. The Labute approximate surface area is 59.0 Å². The van der Waals surface area contributed by atoms with Crippen molar-refractivity contribution in [2.45, 2.75) is 0 Å². The van der Waals surface area contributed by atoms with Crippen molar-refractivity contribution in [2.75, 3.05) is 11.9 Å². The topological polar surface area (TPSA) is 34.1 Å². The van der Waals surface area contributed by atoms with Crippen LogP contribution in [0.4, 0.5) is 5.69 Å². The largest absolute Gasteiger partial charge is 0.488 e. The van der Waals surface area contributed by atoms with E-state index in [1.807, 2.05) is 12.6 Å². The van der Waals surface area contributed by atoms with Gasteiger partial charge in [0.25, 0.3) is 0 Å². The fourth-order valence-electron chi connectivity index (χ4n) is 0.897. The molecule has 1 aliphatic rings. The first-order valence-corrected chi connectivity index (χ1v) is 3.12. The van der Waals surface area contributed by atoms with Gasteiger partial charge in [-0.15, -0.1) is 0 Å². The number of nitrogens with zero attached hydrogens (tertiary/aromatic N) is 1.